The number of hydrogen-bond donors (Lipinski definition) is 0. The first kappa shape index (κ1) is 15.2. The van der Waals surface area contributed by atoms with Gasteiger partial charge in [0.2, 0.25) is 0 Å². The summed E-state index contributed by atoms with van der Waals surface area (Å²) in [5, 5.41) is 7.92. The Hall–Kier alpha value is -2.73. The molecule has 0 aliphatic carbocycles. The summed E-state index contributed by atoms with van der Waals surface area (Å²) in [5.41, 5.74) is 1.49. The summed E-state index contributed by atoms with van der Waals surface area (Å²) >= 11 is 6.05. The summed E-state index contributed by atoms with van der Waals surface area (Å²) in [6.07, 6.45) is 0. The third-order valence-corrected chi connectivity index (χ3v) is 3.71. The first-order valence-electron chi connectivity index (χ1n) is 6.94. The van der Waals surface area contributed by atoms with E-state index in [4.69, 9.17) is 11.6 Å². The Morgan fingerprint density at radius 1 is 1.09 bits per heavy atom. The van der Waals surface area contributed by atoms with Crippen molar-refractivity contribution in [3.8, 4) is 5.69 Å². The summed E-state index contributed by atoms with van der Waals surface area (Å²) in [6, 6.07) is 13.9. The monoisotopic (exact) mass is 328 g/mol. The van der Waals surface area contributed by atoms with Crippen LogP contribution in [0, 0.1) is 6.92 Å². The number of carbonyl (C=O) groups is 1. The summed E-state index contributed by atoms with van der Waals surface area (Å²) in [7, 11) is 0. The van der Waals surface area contributed by atoms with Crippen molar-refractivity contribution in [2.45, 2.75) is 13.5 Å². The highest BCUT2D eigenvalue weighted by Gasteiger charge is 2.14. The molecule has 0 bridgehead atoms. The number of aromatic nitrogens is 4. The Kier molecular flexibility index (Phi) is 4.08. The minimum absolute atomic E-state index is 0.174. The van der Waals surface area contributed by atoms with Gasteiger partial charge in [-0.1, -0.05) is 53.6 Å². The molecule has 0 spiro atoms. The molecule has 0 saturated carbocycles. The second-order valence-electron chi connectivity index (χ2n) is 5.07. The van der Waals surface area contributed by atoms with Crippen LogP contribution in [-0.4, -0.2) is 25.6 Å². The zero-order valence-electron chi connectivity index (χ0n) is 12.3. The predicted molar refractivity (Wildman–Crippen MR) is 86.1 cm³/mol. The molecule has 0 amide bonds. The Balaban J connectivity index is 1.88. The molecule has 0 aliphatic heterocycles. The molecule has 1 aromatic heterocycles. The molecule has 1 heterocycles. The first-order chi connectivity index (χ1) is 11.1. The van der Waals surface area contributed by atoms with Gasteiger partial charge in [-0.05, 0) is 29.5 Å². The van der Waals surface area contributed by atoms with Crippen LogP contribution >= 0.6 is 11.6 Å². The molecule has 2 aromatic carbocycles. The van der Waals surface area contributed by atoms with Gasteiger partial charge in [-0.25, -0.2) is 4.79 Å². The lowest BCUT2D eigenvalue weighted by Gasteiger charge is -2.01. The van der Waals surface area contributed by atoms with E-state index < -0.39 is 5.69 Å². The summed E-state index contributed by atoms with van der Waals surface area (Å²) in [4.78, 5) is 24.6. The van der Waals surface area contributed by atoms with Crippen molar-refractivity contribution < 1.29 is 4.79 Å². The quantitative estimate of drug-likeness (QED) is 0.689. The number of halogens is 1. The molecule has 0 aliphatic rings. The van der Waals surface area contributed by atoms with Crippen LogP contribution in [0.2, 0.25) is 5.02 Å². The topological polar surface area (TPSA) is 69.8 Å². The van der Waals surface area contributed by atoms with E-state index in [0.717, 1.165) is 14.9 Å². The van der Waals surface area contributed by atoms with Crippen LogP contribution in [0.25, 0.3) is 5.69 Å². The zero-order chi connectivity index (χ0) is 16.4. The van der Waals surface area contributed by atoms with Crippen LogP contribution in [-0.2, 0) is 6.54 Å². The van der Waals surface area contributed by atoms with Crippen LogP contribution in [0.15, 0.2) is 53.3 Å². The Morgan fingerprint density at radius 2 is 1.78 bits per heavy atom. The first-order valence-corrected chi connectivity index (χ1v) is 7.31. The normalized spacial score (nSPS) is 10.7. The summed E-state index contributed by atoms with van der Waals surface area (Å²) < 4.78 is 2.09. The lowest BCUT2D eigenvalue weighted by atomic mass is 10.1. The van der Waals surface area contributed by atoms with E-state index in [1.165, 1.54) is 0 Å². The number of tetrazole rings is 1. The fraction of sp³-hybridized carbons (Fsp3) is 0.125. The van der Waals surface area contributed by atoms with Crippen molar-refractivity contribution in [2.75, 3.05) is 0 Å². The lowest BCUT2D eigenvalue weighted by molar-refractivity contribution is 0.0965. The smallest absolute Gasteiger partial charge is 0.292 e. The molecule has 0 N–H and O–H groups in total. The van der Waals surface area contributed by atoms with Crippen LogP contribution in [0.1, 0.15) is 15.9 Å². The summed E-state index contributed by atoms with van der Waals surface area (Å²) in [5.74, 6) is -0.210. The van der Waals surface area contributed by atoms with Gasteiger partial charge < -0.3 is 0 Å². The average molecular weight is 329 g/mol. The standard InChI is InChI=1S/C16H13ClN4O2/c1-11-6-8-12(9-7-11)15(22)10-20-16(23)21(19-18-20)14-5-3-2-4-13(14)17/h2-9H,10H2,1H3. The number of nitrogens with zero attached hydrogens (tertiary/aromatic N) is 4. The van der Waals surface area contributed by atoms with E-state index in [1.807, 2.05) is 19.1 Å². The molecule has 0 fully saturated rings. The molecule has 6 nitrogen and oxygen atoms in total. The number of Topliss-reactive ketones (excluding diaryl/α,β-unsaturated/α-hetero) is 1. The predicted octanol–water partition coefficient (Wildman–Crippen LogP) is 2.27. The van der Waals surface area contributed by atoms with E-state index >= 15 is 0 Å². The number of carbonyl (C=O) groups excluding carboxylic acids is 1. The fourth-order valence-electron chi connectivity index (χ4n) is 2.11. The van der Waals surface area contributed by atoms with Gasteiger partial charge in [-0.15, -0.1) is 0 Å². The highest BCUT2D eigenvalue weighted by atomic mass is 35.5. The lowest BCUT2D eigenvalue weighted by Crippen LogP contribution is -2.27. The maximum atomic E-state index is 12.3. The van der Waals surface area contributed by atoms with Crippen molar-refractivity contribution in [3.05, 3.63) is 75.2 Å². The van der Waals surface area contributed by atoms with Gasteiger partial charge in [-0.2, -0.15) is 9.36 Å². The fourth-order valence-corrected chi connectivity index (χ4v) is 2.33. The molecular formula is C16H13ClN4O2. The molecule has 7 heteroatoms. The van der Waals surface area contributed by atoms with Crippen LogP contribution in [0.4, 0.5) is 0 Å². The molecule has 23 heavy (non-hydrogen) atoms. The number of ketones is 1. The van der Waals surface area contributed by atoms with Gasteiger partial charge in [0.1, 0.15) is 6.54 Å². The Labute approximate surface area is 136 Å². The highest BCUT2D eigenvalue weighted by Crippen LogP contribution is 2.16. The van der Waals surface area contributed by atoms with E-state index in [2.05, 4.69) is 10.4 Å². The number of rotatable bonds is 4. The SMILES string of the molecule is Cc1ccc(C(=O)Cn2nnn(-c3ccccc3Cl)c2=O)cc1. The molecule has 3 rings (SSSR count). The van der Waals surface area contributed by atoms with Gasteiger partial charge >= 0.3 is 5.69 Å². The van der Waals surface area contributed by atoms with Gasteiger partial charge in [0.05, 0.1) is 10.7 Å². The molecule has 0 radical (unpaired) electrons. The highest BCUT2D eigenvalue weighted by molar-refractivity contribution is 6.32. The van der Waals surface area contributed by atoms with Gasteiger partial charge in [-0.3, -0.25) is 4.79 Å². The number of hydrogen-bond acceptors (Lipinski definition) is 4. The van der Waals surface area contributed by atoms with Crippen molar-refractivity contribution in [2.24, 2.45) is 0 Å². The van der Waals surface area contributed by atoms with Gasteiger partial charge in [0.15, 0.2) is 5.78 Å². The molecule has 3 aromatic rings. The molecule has 0 unspecified atom stereocenters. The third-order valence-electron chi connectivity index (χ3n) is 3.39. The number of benzene rings is 2. The van der Waals surface area contributed by atoms with Crippen LogP contribution < -0.4 is 5.69 Å². The average Bonchev–Trinajstić information content (AvgIpc) is 2.89. The largest absolute Gasteiger partial charge is 0.368 e. The number of para-hydroxylation sites is 1. The number of aryl methyl sites for hydroxylation is 1. The minimum atomic E-state index is -0.515. The molecule has 0 saturated heterocycles. The molecule has 0 atom stereocenters. The van der Waals surface area contributed by atoms with Crippen LogP contribution in [0.5, 0.6) is 0 Å². The maximum Gasteiger partial charge on any atom is 0.368 e. The van der Waals surface area contributed by atoms with Crippen molar-refractivity contribution in [3.63, 3.8) is 0 Å². The van der Waals surface area contributed by atoms with Crippen molar-refractivity contribution in [1.82, 2.24) is 19.8 Å². The minimum Gasteiger partial charge on any atom is -0.292 e. The van der Waals surface area contributed by atoms with E-state index in [-0.39, 0.29) is 12.3 Å². The van der Waals surface area contributed by atoms with Crippen molar-refractivity contribution in [1.29, 1.82) is 0 Å². The third kappa shape index (κ3) is 3.07. The maximum absolute atomic E-state index is 12.3. The Bertz CT molecular complexity index is 912. The second-order valence-corrected chi connectivity index (χ2v) is 5.48. The second kappa shape index (κ2) is 6.18. The molecule has 116 valence electrons. The van der Waals surface area contributed by atoms with Gasteiger partial charge in [0.25, 0.3) is 0 Å². The van der Waals surface area contributed by atoms with E-state index in [9.17, 15) is 9.59 Å². The molecular weight excluding hydrogens is 316 g/mol. The van der Waals surface area contributed by atoms with Crippen LogP contribution in [0.3, 0.4) is 0 Å². The zero-order valence-corrected chi connectivity index (χ0v) is 13.1. The van der Waals surface area contributed by atoms with E-state index in [0.29, 0.717) is 16.3 Å². The Morgan fingerprint density at radius 3 is 2.48 bits per heavy atom. The van der Waals surface area contributed by atoms with Crippen molar-refractivity contribution >= 4 is 17.4 Å². The van der Waals surface area contributed by atoms with E-state index in [1.54, 1.807) is 36.4 Å². The van der Waals surface area contributed by atoms with Gasteiger partial charge in [0, 0.05) is 5.56 Å². The summed E-state index contributed by atoms with van der Waals surface area (Å²) in [6.45, 7) is 1.76.